The first-order chi connectivity index (χ1) is 10.4. The molecule has 0 saturated carbocycles. The summed E-state index contributed by atoms with van der Waals surface area (Å²) in [6.45, 7) is 5.89. The van der Waals surface area contributed by atoms with E-state index in [-0.39, 0.29) is 0 Å². The number of nitrogens with one attached hydrogen (secondary N) is 1. The van der Waals surface area contributed by atoms with Gasteiger partial charge in [-0.3, -0.25) is 4.90 Å². The molecule has 1 aromatic heterocycles. The summed E-state index contributed by atoms with van der Waals surface area (Å²) in [4.78, 5) is 7.40. The molecule has 0 radical (unpaired) electrons. The zero-order valence-corrected chi connectivity index (χ0v) is 13.0. The zero-order valence-electron chi connectivity index (χ0n) is 12.2. The maximum atomic E-state index is 4.82. The minimum absolute atomic E-state index is 0.853. The van der Waals surface area contributed by atoms with Crippen LogP contribution in [0.2, 0.25) is 0 Å². The number of hydrogen-bond acceptors (Lipinski definition) is 4. The van der Waals surface area contributed by atoms with Crippen LogP contribution in [-0.2, 0) is 6.54 Å². The summed E-state index contributed by atoms with van der Waals surface area (Å²) in [5.74, 6) is 1.77. The Bertz CT molecular complexity index is 595. The molecule has 21 heavy (non-hydrogen) atoms. The lowest BCUT2D eigenvalue weighted by Gasteiger charge is -2.33. The molecule has 2 saturated heterocycles. The minimum atomic E-state index is 0.853. The fraction of sp³-hybridized carbons (Fsp3) is 0.471. The maximum absolute atomic E-state index is 4.82. The number of thiazole rings is 1. The van der Waals surface area contributed by atoms with Gasteiger partial charge in [0, 0.05) is 24.0 Å². The molecule has 0 aliphatic carbocycles. The standard InChI is InChI=1S/C17H21N3S/c1-2-4-13(5-3-1)17-19-16(12-21-17)11-20-7-6-14-8-18-9-15(14)10-20/h1-5,12,14-15,18H,6-11H2. The Balaban J connectivity index is 1.42. The highest BCUT2D eigenvalue weighted by atomic mass is 32.1. The number of piperidine rings is 1. The van der Waals surface area contributed by atoms with E-state index in [2.05, 4.69) is 45.9 Å². The molecule has 4 rings (SSSR count). The number of fused-ring (bicyclic) bond motifs is 1. The third kappa shape index (κ3) is 2.89. The van der Waals surface area contributed by atoms with Gasteiger partial charge in [0.15, 0.2) is 0 Å². The highest BCUT2D eigenvalue weighted by Crippen LogP contribution is 2.28. The summed E-state index contributed by atoms with van der Waals surface area (Å²) in [6, 6.07) is 10.5. The number of likely N-dealkylation sites (tertiary alicyclic amines) is 1. The van der Waals surface area contributed by atoms with Crippen molar-refractivity contribution < 1.29 is 0 Å². The van der Waals surface area contributed by atoms with Crippen molar-refractivity contribution in [1.82, 2.24) is 15.2 Å². The summed E-state index contributed by atoms with van der Waals surface area (Å²) in [6.07, 6.45) is 1.34. The molecule has 2 aliphatic rings. The van der Waals surface area contributed by atoms with E-state index in [1.807, 2.05) is 0 Å². The predicted octanol–water partition coefficient (Wildman–Crippen LogP) is 2.85. The number of aromatic nitrogens is 1. The Morgan fingerprint density at radius 2 is 2.05 bits per heavy atom. The van der Waals surface area contributed by atoms with Crippen LogP contribution in [0.5, 0.6) is 0 Å². The highest BCUT2D eigenvalue weighted by molar-refractivity contribution is 7.13. The highest BCUT2D eigenvalue weighted by Gasteiger charge is 2.32. The third-order valence-corrected chi connectivity index (χ3v) is 5.69. The van der Waals surface area contributed by atoms with Gasteiger partial charge < -0.3 is 5.32 Å². The Labute approximate surface area is 130 Å². The van der Waals surface area contributed by atoms with Crippen LogP contribution in [0, 0.1) is 11.8 Å². The summed E-state index contributed by atoms with van der Waals surface area (Å²) >= 11 is 1.76. The average Bonchev–Trinajstić information content (AvgIpc) is 3.17. The van der Waals surface area contributed by atoms with Crippen molar-refractivity contribution in [2.24, 2.45) is 11.8 Å². The van der Waals surface area contributed by atoms with Crippen molar-refractivity contribution in [1.29, 1.82) is 0 Å². The zero-order chi connectivity index (χ0) is 14.1. The number of nitrogens with zero attached hydrogens (tertiary/aromatic N) is 2. The molecule has 2 aromatic rings. The van der Waals surface area contributed by atoms with Gasteiger partial charge in [-0.2, -0.15) is 0 Å². The van der Waals surface area contributed by atoms with Crippen LogP contribution in [0.15, 0.2) is 35.7 Å². The molecule has 0 bridgehead atoms. The average molecular weight is 299 g/mol. The van der Waals surface area contributed by atoms with Crippen LogP contribution >= 0.6 is 11.3 Å². The van der Waals surface area contributed by atoms with Gasteiger partial charge in [0.25, 0.3) is 0 Å². The molecular weight excluding hydrogens is 278 g/mol. The van der Waals surface area contributed by atoms with Crippen molar-refractivity contribution in [2.75, 3.05) is 26.2 Å². The molecule has 2 fully saturated rings. The first-order valence-electron chi connectivity index (χ1n) is 7.81. The van der Waals surface area contributed by atoms with Crippen LogP contribution < -0.4 is 5.32 Å². The third-order valence-electron chi connectivity index (χ3n) is 4.75. The van der Waals surface area contributed by atoms with Crippen molar-refractivity contribution in [3.8, 4) is 10.6 Å². The molecule has 1 N–H and O–H groups in total. The van der Waals surface area contributed by atoms with Crippen LogP contribution in [0.3, 0.4) is 0 Å². The van der Waals surface area contributed by atoms with E-state index in [1.165, 1.54) is 43.9 Å². The normalized spacial score (nSPS) is 25.9. The SMILES string of the molecule is c1ccc(-c2nc(CN3CCC4CNCC4C3)cs2)cc1. The fourth-order valence-corrected chi connectivity index (χ4v) is 4.39. The van der Waals surface area contributed by atoms with Gasteiger partial charge in [-0.1, -0.05) is 30.3 Å². The molecule has 3 nitrogen and oxygen atoms in total. The number of hydrogen-bond donors (Lipinski definition) is 1. The molecule has 0 amide bonds. The van der Waals surface area contributed by atoms with Gasteiger partial charge in [-0.15, -0.1) is 11.3 Å². The van der Waals surface area contributed by atoms with Crippen LogP contribution in [0.25, 0.3) is 10.6 Å². The second-order valence-electron chi connectivity index (χ2n) is 6.21. The van der Waals surface area contributed by atoms with Gasteiger partial charge in [0.2, 0.25) is 0 Å². The summed E-state index contributed by atoms with van der Waals surface area (Å²) in [5.41, 5.74) is 2.45. The molecular formula is C17H21N3S. The number of benzene rings is 1. The van der Waals surface area contributed by atoms with E-state index in [1.54, 1.807) is 11.3 Å². The second kappa shape index (κ2) is 5.87. The first kappa shape index (κ1) is 13.4. The van der Waals surface area contributed by atoms with E-state index >= 15 is 0 Å². The lowest BCUT2D eigenvalue weighted by Crippen LogP contribution is -2.39. The lowest BCUT2D eigenvalue weighted by molar-refractivity contribution is 0.141. The largest absolute Gasteiger partial charge is 0.316 e. The smallest absolute Gasteiger partial charge is 0.123 e. The van der Waals surface area contributed by atoms with Crippen LogP contribution in [-0.4, -0.2) is 36.1 Å². The summed E-state index contributed by atoms with van der Waals surface area (Å²) < 4.78 is 0. The monoisotopic (exact) mass is 299 g/mol. The van der Waals surface area contributed by atoms with Crippen molar-refractivity contribution in [2.45, 2.75) is 13.0 Å². The van der Waals surface area contributed by atoms with Crippen molar-refractivity contribution in [3.05, 3.63) is 41.4 Å². The Morgan fingerprint density at radius 1 is 1.19 bits per heavy atom. The van der Waals surface area contributed by atoms with Crippen molar-refractivity contribution >= 4 is 11.3 Å². The molecule has 2 atom stereocenters. The molecule has 2 aliphatic heterocycles. The van der Waals surface area contributed by atoms with Crippen LogP contribution in [0.4, 0.5) is 0 Å². The van der Waals surface area contributed by atoms with Gasteiger partial charge in [0.1, 0.15) is 5.01 Å². The fourth-order valence-electron chi connectivity index (χ4n) is 3.58. The van der Waals surface area contributed by atoms with Crippen LogP contribution in [0.1, 0.15) is 12.1 Å². The quantitative estimate of drug-likeness (QED) is 0.944. The van der Waals surface area contributed by atoms with E-state index in [0.717, 1.165) is 23.4 Å². The topological polar surface area (TPSA) is 28.2 Å². The second-order valence-corrected chi connectivity index (χ2v) is 7.07. The van der Waals surface area contributed by atoms with Gasteiger partial charge >= 0.3 is 0 Å². The van der Waals surface area contributed by atoms with E-state index < -0.39 is 0 Å². The van der Waals surface area contributed by atoms with Gasteiger partial charge in [-0.25, -0.2) is 4.98 Å². The van der Waals surface area contributed by atoms with E-state index in [9.17, 15) is 0 Å². The lowest BCUT2D eigenvalue weighted by atomic mass is 9.89. The minimum Gasteiger partial charge on any atom is -0.316 e. The first-order valence-corrected chi connectivity index (χ1v) is 8.69. The Hall–Kier alpha value is -1.23. The van der Waals surface area contributed by atoms with Gasteiger partial charge in [-0.05, 0) is 37.9 Å². The Kier molecular flexibility index (Phi) is 3.76. The number of rotatable bonds is 3. The van der Waals surface area contributed by atoms with E-state index in [4.69, 9.17) is 4.98 Å². The van der Waals surface area contributed by atoms with Gasteiger partial charge in [0.05, 0.1) is 5.69 Å². The molecule has 110 valence electrons. The molecule has 4 heteroatoms. The van der Waals surface area contributed by atoms with Crippen molar-refractivity contribution in [3.63, 3.8) is 0 Å². The summed E-state index contributed by atoms with van der Waals surface area (Å²) in [5, 5.41) is 6.90. The predicted molar refractivity (Wildman–Crippen MR) is 87.3 cm³/mol. The molecule has 3 heterocycles. The molecule has 1 aromatic carbocycles. The summed E-state index contributed by atoms with van der Waals surface area (Å²) in [7, 11) is 0. The van der Waals surface area contributed by atoms with E-state index in [0.29, 0.717) is 0 Å². The molecule has 2 unspecified atom stereocenters. The Morgan fingerprint density at radius 3 is 2.95 bits per heavy atom. The maximum Gasteiger partial charge on any atom is 0.123 e. The molecule has 0 spiro atoms.